The largest absolute Gasteiger partial charge is 0.456 e. The fourth-order valence-corrected chi connectivity index (χ4v) is 3.98. The van der Waals surface area contributed by atoms with Gasteiger partial charge >= 0.3 is 0 Å². The number of fused-ring (bicyclic) bond motifs is 2. The van der Waals surface area contributed by atoms with Crippen LogP contribution in [0, 0.1) is 0 Å². The molecular formula is C23H19BO2. The van der Waals surface area contributed by atoms with E-state index in [2.05, 4.69) is 37.3 Å². The van der Waals surface area contributed by atoms with Gasteiger partial charge in [-0.2, -0.15) is 0 Å². The van der Waals surface area contributed by atoms with Gasteiger partial charge in [0.1, 0.15) is 19.3 Å². The van der Waals surface area contributed by atoms with Crippen LogP contribution in [0.4, 0.5) is 0 Å². The quantitative estimate of drug-likeness (QED) is 0.328. The van der Waals surface area contributed by atoms with Crippen molar-refractivity contribution in [3.63, 3.8) is 0 Å². The molecule has 26 heavy (non-hydrogen) atoms. The summed E-state index contributed by atoms with van der Waals surface area (Å²) in [4.78, 5) is 0. The predicted molar refractivity (Wildman–Crippen MR) is 106 cm³/mol. The van der Waals surface area contributed by atoms with Gasteiger partial charge in [0.15, 0.2) is 0 Å². The molecule has 2 aliphatic heterocycles. The molecule has 0 N–H and O–H groups in total. The lowest BCUT2D eigenvalue weighted by atomic mass is 9.74. The van der Waals surface area contributed by atoms with E-state index in [1.165, 1.54) is 10.9 Å². The van der Waals surface area contributed by atoms with E-state index >= 15 is 0 Å². The Morgan fingerprint density at radius 1 is 0.885 bits per heavy atom. The molecule has 126 valence electrons. The van der Waals surface area contributed by atoms with Gasteiger partial charge in [-0.1, -0.05) is 42.5 Å². The standard InChI is InChI=1S/C23H19BO2/c1-14-13-23(24,26-22(14,2)3)16-10-11-19-18(12-16)17-8-4-6-15-7-5-9-20(25-19)21(15)17/h4-13H,1-3H3. The lowest BCUT2D eigenvalue weighted by Gasteiger charge is -2.31. The molecule has 0 aliphatic carbocycles. The molecule has 3 aromatic rings. The summed E-state index contributed by atoms with van der Waals surface area (Å²) in [5, 5.41) is 2.32. The van der Waals surface area contributed by atoms with E-state index in [0.717, 1.165) is 33.6 Å². The molecule has 1 unspecified atom stereocenters. The molecule has 3 aromatic carbocycles. The van der Waals surface area contributed by atoms with Gasteiger partial charge < -0.3 is 9.47 Å². The molecule has 1 atom stereocenters. The zero-order valence-electron chi connectivity index (χ0n) is 15.2. The average molecular weight is 338 g/mol. The molecule has 2 heterocycles. The third-order valence-electron chi connectivity index (χ3n) is 5.61. The van der Waals surface area contributed by atoms with Crippen LogP contribution >= 0.6 is 0 Å². The first-order valence-electron chi connectivity index (χ1n) is 8.91. The lowest BCUT2D eigenvalue weighted by molar-refractivity contribution is -0.0303. The van der Waals surface area contributed by atoms with Crippen molar-refractivity contribution in [2.45, 2.75) is 31.9 Å². The molecular weight excluding hydrogens is 319 g/mol. The Labute approximate surface area is 154 Å². The second-order valence-electron chi connectivity index (χ2n) is 7.71. The van der Waals surface area contributed by atoms with E-state index < -0.39 is 5.50 Å². The Morgan fingerprint density at radius 2 is 1.65 bits per heavy atom. The molecule has 2 aliphatic rings. The minimum Gasteiger partial charge on any atom is -0.456 e. The molecule has 5 rings (SSSR count). The summed E-state index contributed by atoms with van der Waals surface area (Å²) in [6, 6.07) is 18.6. The monoisotopic (exact) mass is 338 g/mol. The minimum absolute atomic E-state index is 0.367. The topological polar surface area (TPSA) is 18.5 Å². The average Bonchev–Trinajstić information content (AvgIpc) is 2.83. The van der Waals surface area contributed by atoms with Gasteiger partial charge in [-0.05, 0) is 61.1 Å². The lowest BCUT2D eigenvalue weighted by Crippen LogP contribution is -2.32. The van der Waals surface area contributed by atoms with Crippen LogP contribution in [-0.4, -0.2) is 13.4 Å². The van der Waals surface area contributed by atoms with Crippen molar-refractivity contribution in [1.82, 2.24) is 0 Å². The maximum atomic E-state index is 6.63. The van der Waals surface area contributed by atoms with E-state index in [4.69, 9.17) is 17.3 Å². The summed E-state index contributed by atoms with van der Waals surface area (Å²) < 4.78 is 12.4. The third-order valence-corrected chi connectivity index (χ3v) is 5.61. The molecule has 0 fully saturated rings. The molecule has 3 heteroatoms. The van der Waals surface area contributed by atoms with Crippen molar-refractivity contribution >= 4 is 18.6 Å². The zero-order valence-corrected chi connectivity index (χ0v) is 15.2. The normalized spacial score (nSPS) is 22.7. The van der Waals surface area contributed by atoms with Crippen LogP contribution in [0.1, 0.15) is 26.3 Å². The first kappa shape index (κ1) is 15.7. The highest BCUT2D eigenvalue weighted by Crippen LogP contribution is 2.48. The maximum Gasteiger partial charge on any atom is 0.135 e. The Hall–Kier alpha value is -2.52. The summed E-state index contributed by atoms with van der Waals surface area (Å²) in [6.07, 6.45) is 2.02. The van der Waals surface area contributed by atoms with Crippen LogP contribution in [0.5, 0.6) is 11.5 Å². The Balaban J connectivity index is 1.71. The summed E-state index contributed by atoms with van der Waals surface area (Å²) in [7, 11) is 6.63. The van der Waals surface area contributed by atoms with Gasteiger partial charge in [0.2, 0.25) is 0 Å². The van der Waals surface area contributed by atoms with Crippen molar-refractivity contribution in [3.8, 4) is 22.6 Å². The third kappa shape index (κ3) is 2.10. The number of rotatable bonds is 1. The number of hydrogen-bond acceptors (Lipinski definition) is 2. The van der Waals surface area contributed by atoms with Crippen LogP contribution in [-0.2, 0) is 10.2 Å². The molecule has 2 radical (unpaired) electrons. The summed E-state index contributed by atoms with van der Waals surface area (Å²) in [6.45, 7) is 6.16. The van der Waals surface area contributed by atoms with Crippen molar-refractivity contribution in [2.24, 2.45) is 0 Å². The Kier molecular flexibility index (Phi) is 3.03. The van der Waals surface area contributed by atoms with Crippen molar-refractivity contribution in [2.75, 3.05) is 0 Å². The number of hydrogen-bond donors (Lipinski definition) is 0. The van der Waals surface area contributed by atoms with E-state index in [1.807, 2.05) is 44.2 Å². The van der Waals surface area contributed by atoms with Crippen LogP contribution in [0.2, 0.25) is 0 Å². The highest BCUT2D eigenvalue weighted by molar-refractivity contribution is 6.17. The predicted octanol–water partition coefficient (Wildman–Crippen LogP) is 5.69. The molecule has 0 spiro atoms. The van der Waals surface area contributed by atoms with Gasteiger partial charge in [0.25, 0.3) is 0 Å². The van der Waals surface area contributed by atoms with E-state index in [9.17, 15) is 0 Å². The van der Waals surface area contributed by atoms with Crippen molar-refractivity contribution in [1.29, 1.82) is 0 Å². The summed E-state index contributed by atoms with van der Waals surface area (Å²) >= 11 is 0. The Bertz CT molecular complexity index is 1090. The summed E-state index contributed by atoms with van der Waals surface area (Å²) in [5.41, 5.74) is 3.00. The van der Waals surface area contributed by atoms with Crippen molar-refractivity contribution < 1.29 is 9.47 Å². The first-order valence-corrected chi connectivity index (χ1v) is 8.91. The Morgan fingerprint density at radius 3 is 2.38 bits per heavy atom. The zero-order chi connectivity index (χ0) is 18.1. The second kappa shape index (κ2) is 5.02. The first-order chi connectivity index (χ1) is 12.4. The highest BCUT2D eigenvalue weighted by Gasteiger charge is 2.40. The van der Waals surface area contributed by atoms with Gasteiger partial charge in [0, 0.05) is 10.9 Å². The molecule has 0 bridgehead atoms. The molecule has 0 saturated carbocycles. The maximum absolute atomic E-state index is 6.63. The van der Waals surface area contributed by atoms with Gasteiger partial charge in [-0.15, -0.1) is 0 Å². The van der Waals surface area contributed by atoms with Gasteiger partial charge in [-0.3, -0.25) is 0 Å². The van der Waals surface area contributed by atoms with Gasteiger partial charge in [0.05, 0.1) is 11.1 Å². The number of benzene rings is 3. The van der Waals surface area contributed by atoms with E-state index in [0.29, 0.717) is 0 Å². The van der Waals surface area contributed by atoms with Crippen LogP contribution in [0.3, 0.4) is 0 Å². The summed E-state index contributed by atoms with van der Waals surface area (Å²) in [5.74, 6) is 1.75. The fraction of sp³-hybridized carbons (Fsp3) is 0.217. The molecule has 2 nitrogen and oxygen atoms in total. The molecule has 0 saturated heterocycles. The molecule has 0 aromatic heterocycles. The smallest absolute Gasteiger partial charge is 0.135 e. The molecule has 0 amide bonds. The van der Waals surface area contributed by atoms with Gasteiger partial charge in [-0.25, -0.2) is 0 Å². The van der Waals surface area contributed by atoms with Crippen LogP contribution in [0.15, 0.2) is 66.2 Å². The minimum atomic E-state index is -0.923. The van der Waals surface area contributed by atoms with Crippen molar-refractivity contribution in [3.05, 3.63) is 71.8 Å². The van der Waals surface area contributed by atoms with E-state index in [-0.39, 0.29) is 5.60 Å². The van der Waals surface area contributed by atoms with E-state index in [1.54, 1.807) is 0 Å². The fourth-order valence-electron chi connectivity index (χ4n) is 3.98. The van der Waals surface area contributed by atoms with Crippen LogP contribution in [0.25, 0.3) is 21.9 Å². The SMILES string of the molecule is [B]C1(c2ccc3c(c2)-c2cccc4cccc(c24)O3)C=C(C)C(C)(C)O1. The number of ether oxygens (including phenoxy) is 2. The van der Waals surface area contributed by atoms with Crippen LogP contribution < -0.4 is 4.74 Å². The highest BCUT2D eigenvalue weighted by atomic mass is 16.5. The second-order valence-corrected chi connectivity index (χ2v) is 7.71.